The summed E-state index contributed by atoms with van der Waals surface area (Å²) < 4.78 is 1.83. The normalized spacial score (nSPS) is 19.2. The first-order valence-corrected chi connectivity index (χ1v) is 11.4. The number of carboxylic acid groups (broad SMARTS) is 1. The zero-order chi connectivity index (χ0) is 22.9. The van der Waals surface area contributed by atoms with Crippen LogP contribution >= 0.6 is 0 Å². The molecule has 0 spiro atoms. The molecule has 0 aliphatic carbocycles. The molecule has 0 saturated carbocycles. The van der Waals surface area contributed by atoms with Crippen molar-refractivity contribution in [2.75, 3.05) is 31.5 Å². The summed E-state index contributed by atoms with van der Waals surface area (Å²) in [6.45, 7) is 4.58. The Morgan fingerprint density at radius 1 is 1.18 bits per heavy atom. The fraction of sp³-hybridized carbons (Fsp3) is 0.417. The van der Waals surface area contributed by atoms with Gasteiger partial charge in [-0.1, -0.05) is 24.3 Å². The van der Waals surface area contributed by atoms with Crippen molar-refractivity contribution in [2.24, 2.45) is 0 Å². The predicted molar refractivity (Wildman–Crippen MR) is 127 cm³/mol. The number of carbonyl (C=O) groups is 1. The van der Waals surface area contributed by atoms with Gasteiger partial charge in [-0.05, 0) is 49.9 Å². The van der Waals surface area contributed by atoms with Crippen LogP contribution in [0, 0.1) is 6.92 Å². The second-order valence-electron chi connectivity index (χ2n) is 8.86. The van der Waals surface area contributed by atoms with Gasteiger partial charge in [-0.2, -0.15) is 4.98 Å². The molecule has 2 saturated heterocycles. The summed E-state index contributed by atoms with van der Waals surface area (Å²) in [5.41, 5.74) is 3.24. The number of rotatable bonds is 4. The van der Waals surface area contributed by atoms with Crippen LogP contribution in [0.3, 0.4) is 0 Å². The number of aryl methyl sites for hydroxylation is 1. The van der Waals surface area contributed by atoms with E-state index >= 15 is 0 Å². The van der Waals surface area contributed by atoms with E-state index in [1.807, 2.05) is 41.8 Å². The number of piperidine rings is 1. The molecule has 5 rings (SSSR count). The van der Waals surface area contributed by atoms with Crippen LogP contribution in [0.2, 0.25) is 0 Å². The zero-order valence-electron chi connectivity index (χ0n) is 18.6. The lowest BCUT2D eigenvalue weighted by molar-refractivity contribution is 0.133. The maximum absolute atomic E-state index is 13.7. The molecular formula is C24H28N6O3. The number of hydrogen-bond acceptors (Lipinski definition) is 6. The highest BCUT2D eigenvalue weighted by atomic mass is 16.4. The fourth-order valence-corrected chi connectivity index (χ4v) is 4.85. The van der Waals surface area contributed by atoms with Crippen molar-refractivity contribution in [1.82, 2.24) is 24.8 Å². The number of nitrogens with one attached hydrogen (secondary N) is 2. The second-order valence-corrected chi connectivity index (χ2v) is 8.86. The van der Waals surface area contributed by atoms with Crippen molar-refractivity contribution in [2.45, 2.75) is 38.3 Å². The first-order valence-electron chi connectivity index (χ1n) is 11.4. The van der Waals surface area contributed by atoms with Crippen molar-refractivity contribution in [3.63, 3.8) is 0 Å². The van der Waals surface area contributed by atoms with E-state index in [2.05, 4.69) is 15.6 Å². The zero-order valence-corrected chi connectivity index (χ0v) is 18.6. The largest absolute Gasteiger partial charge is 0.465 e. The molecule has 9 nitrogen and oxygen atoms in total. The molecule has 1 aromatic carbocycles. The molecule has 4 heterocycles. The lowest BCUT2D eigenvalue weighted by Gasteiger charge is -2.30. The number of fused-ring (bicyclic) bond motifs is 1. The summed E-state index contributed by atoms with van der Waals surface area (Å²) in [5.74, 6) is 0.471. The Balaban J connectivity index is 1.53. The summed E-state index contributed by atoms with van der Waals surface area (Å²) in [5, 5.41) is 16.7. The Kier molecular flexibility index (Phi) is 5.72. The van der Waals surface area contributed by atoms with E-state index < -0.39 is 6.09 Å². The highest BCUT2D eigenvalue weighted by molar-refractivity contribution is 5.82. The predicted octanol–water partition coefficient (Wildman–Crippen LogP) is 2.86. The standard InChI is InChI=1S/C24H28N6O3/c1-15-4-2-3-5-19(15)20-12-16-13-26-23(27-17-7-10-29(11-8-17)24(32)33)28-21(16)30(22(20)31)18-6-9-25-14-18/h2-5,12-13,17-18,25H,6-11,14H2,1H3,(H,32,33)(H,26,27,28)/t18-/m0/s1. The van der Waals surface area contributed by atoms with Crippen LogP contribution in [-0.4, -0.2) is 62.9 Å². The monoisotopic (exact) mass is 448 g/mol. The molecule has 2 aliphatic rings. The van der Waals surface area contributed by atoms with E-state index in [-0.39, 0.29) is 17.6 Å². The van der Waals surface area contributed by atoms with E-state index in [0.717, 1.165) is 36.0 Å². The van der Waals surface area contributed by atoms with Crippen LogP contribution in [0.1, 0.15) is 30.9 Å². The summed E-state index contributed by atoms with van der Waals surface area (Å²) >= 11 is 0. The van der Waals surface area contributed by atoms with Gasteiger partial charge < -0.3 is 20.6 Å². The molecule has 1 atom stereocenters. The SMILES string of the molecule is Cc1ccccc1-c1cc2cnc(NC3CCN(C(=O)O)CC3)nc2n([C@H]2CCNC2)c1=O. The molecule has 2 aromatic heterocycles. The van der Waals surface area contributed by atoms with E-state index in [1.54, 1.807) is 6.20 Å². The average Bonchev–Trinajstić information content (AvgIpc) is 3.34. The third-order valence-corrected chi connectivity index (χ3v) is 6.71. The van der Waals surface area contributed by atoms with Gasteiger partial charge in [0, 0.05) is 42.8 Å². The van der Waals surface area contributed by atoms with Crippen LogP contribution in [0.15, 0.2) is 41.3 Å². The van der Waals surface area contributed by atoms with Crippen LogP contribution in [-0.2, 0) is 0 Å². The molecular weight excluding hydrogens is 420 g/mol. The van der Waals surface area contributed by atoms with Gasteiger partial charge in [-0.25, -0.2) is 9.78 Å². The Bertz CT molecular complexity index is 1240. The molecule has 1 amide bonds. The van der Waals surface area contributed by atoms with Gasteiger partial charge in [0.15, 0.2) is 0 Å². The molecule has 33 heavy (non-hydrogen) atoms. The number of pyridine rings is 1. The maximum Gasteiger partial charge on any atom is 0.407 e. The van der Waals surface area contributed by atoms with Gasteiger partial charge in [0.1, 0.15) is 5.65 Å². The number of likely N-dealkylation sites (tertiary alicyclic amines) is 1. The van der Waals surface area contributed by atoms with E-state index in [9.17, 15) is 9.59 Å². The smallest absolute Gasteiger partial charge is 0.407 e. The number of anilines is 1. The maximum atomic E-state index is 13.7. The third-order valence-electron chi connectivity index (χ3n) is 6.71. The quantitative estimate of drug-likeness (QED) is 0.563. The van der Waals surface area contributed by atoms with Gasteiger partial charge in [0.2, 0.25) is 5.95 Å². The van der Waals surface area contributed by atoms with Gasteiger partial charge in [0.05, 0.1) is 6.04 Å². The van der Waals surface area contributed by atoms with Crippen molar-refractivity contribution in [3.8, 4) is 11.1 Å². The number of amides is 1. The van der Waals surface area contributed by atoms with Gasteiger partial charge in [-0.15, -0.1) is 0 Å². The first-order chi connectivity index (χ1) is 16.0. The van der Waals surface area contributed by atoms with Gasteiger partial charge in [-0.3, -0.25) is 9.36 Å². The molecule has 2 fully saturated rings. The number of aromatic nitrogens is 3. The Morgan fingerprint density at radius 3 is 2.67 bits per heavy atom. The lowest BCUT2D eigenvalue weighted by Crippen LogP contribution is -2.41. The van der Waals surface area contributed by atoms with Crippen LogP contribution in [0.4, 0.5) is 10.7 Å². The Labute approximate surface area is 191 Å². The van der Waals surface area contributed by atoms with E-state index in [1.165, 1.54) is 4.90 Å². The average molecular weight is 449 g/mol. The molecule has 0 bridgehead atoms. The number of hydrogen-bond donors (Lipinski definition) is 3. The van der Waals surface area contributed by atoms with E-state index in [4.69, 9.17) is 10.1 Å². The summed E-state index contributed by atoms with van der Waals surface area (Å²) in [6.07, 6.45) is 3.15. The summed E-state index contributed by atoms with van der Waals surface area (Å²) in [7, 11) is 0. The molecule has 3 N–H and O–H groups in total. The van der Waals surface area contributed by atoms with Crippen molar-refractivity contribution >= 4 is 23.1 Å². The highest BCUT2D eigenvalue weighted by Gasteiger charge is 2.25. The van der Waals surface area contributed by atoms with Gasteiger partial charge in [0.25, 0.3) is 5.56 Å². The molecule has 9 heteroatoms. The molecule has 0 unspecified atom stereocenters. The summed E-state index contributed by atoms with van der Waals surface area (Å²) in [6, 6.07) is 9.94. The molecule has 2 aliphatic heterocycles. The van der Waals surface area contributed by atoms with Gasteiger partial charge >= 0.3 is 6.09 Å². The topological polar surface area (TPSA) is 112 Å². The summed E-state index contributed by atoms with van der Waals surface area (Å²) in [4.78, 5) is 35.6. The number of nitrogens with zero attached hydrogens (tertiary/aromatic N) is 4. The van der Waals surface area contributed by atoms with Crippen LogP contribution < -0.4 is 16.2 Å². The minimum atomic E-state index is -0.881. The Morgan fingerprint density at radius 2 is 1.97 bits per heavy atom. The molecule has 3 aromatic rings. The van der Waals surface area contributed by atoms with Crippen molar-refractivity contribution < 1.29 is 9.90 Å². The Hall–Kier alpha value is -3.46. The minimum Gasteiger partial charge on any atom is -0.465 e. The second kappa shape index (κ2) is 8.82. The fourth-order valence-electron chi connectivity index (χ4n) is 4.85. The molecule has 172 valence electrons. The van der Waals surface area contributed by atoms with E-state index in [0.29, 0.717) is 43.1 Å². The molecule has 0 radical (unpaired) electrons. The van der Waals surface area contributed by atoms with Crippen molar-refractivity contribution in [3.05, 3.63) is 52.4 Å². The third kappa shape index (κ3) is 4.16. The minimum absolute atomic E-state index is 0.0329. The van der Waals surface area contributed by atoms with Crippen LogP contribution in [0.25, 0.3) is 22.2 Å². The van der Waals surface area contributed by atoms with Crippen molar-refractivity contribution in [1.29, 1.82) is 0 Å². The highest BCUT2D eigenvalue weighted by Crippen LogP contribution is 2.27. The van der Waals surface area contributed by atoms with Crippen LogP contribution in [0.5, 0.6) is 0 Å². The number of benzene rings is 1. The first kappa shape index (κ1) is 21.4. The lowest BCUT2D eigenvalue weighted by atomic mass is 10.0.